The summed E-state index contributed by atoms with van der Waals surface area (Å²) in [6.07, 6.45) is -0.907. The molecule has 0 saturated heterocycles. The number of oxime groups is 1. The molecule has 0 aromatic heterocycles. The van der Waals surface area contributed by atoms with Gasteiger partial charge in [-0.25, -0.2) is 4.79 Å². The molecule has 110 valence electrons. The first-order valence-electron chi connectivity index (χ1n) is 6.17. The predicted molar refractivity (Wildman–Crippen MR) is 74.6 cm³/mol. The third kappa shape index (κ3) is 4.24. The molecule has 1 atom stereocenters. The van der Waals surface area contributed by atoms with Crippen LogP contribution in [-0.4, -0.2) is 28.2 Å². The molecule has 0 bridgehead atoms. The van der Waals surface area contributed by atoms with Crippen molar-refractivity contribution in [2.24, 2.45) is 16.3 Å². The van der Waals surface area contributed by atoms with E-state index >= 15 is 0 Å². The number of hydrogen-bond donors (Lipinski definition) is 3. The maximum absolute atomic E-state index is 11.2. The fourth-order valence-corrected chi connectivity index (χ4v) is 1.75. The molecule has 1 rings (SSSR count). The normalized spacial score (nSPS) is 14.1. The molecule has 0 spiro atoms. The molecule has 1 aromatic rings. The maximum atomic E-state index is 11.2. The molecular formula is C14H20N2O4. The van der Waals surface area contributed by atoms with E-state index in [2.05, 4.69) is 5.16 Å². The zero-order chi connectivity index (χ0) is 15.3. The Morgan fingerprint density at radius 3 is 2.60 bits per heavy atom. The molecule has 0 aliphatic carbocycles. The van der Waals surface area contributed by atoms with Gasteiger partial charge in [-0.1, -0.05) is 44.1 Å². The molecule has 0 amide bonds. The van der Waals surface area contributed by atoms with Crippen LogP contribution in [0.4, 0.5) is 0 Å². The van der Waals surface area contributed by atoms with Crippen molar-refractivity contribution in [2.45, 2.75) is 33.5 Å². The van der Waals surface area contributed by atoms with Crippen molar-refractivity contribution in [1.29, 1.82) is 0 Å². The lowest BCUT2D eigenvalue weighted by Gasteiger charge is -2.27. The molecule has 4 N–H and O–H groups in total. The quantitative estimate of drug-likeness (QED) is 0.330. The summed E-state index contributed by atoms with van der Waals surface area (Å²) in [6, 6.07) is 6.91. The van der Waals surface area contributed by atoms with E-state index in [1.807, 2.05) is 0 Å². The Hall–Kier alpha value is -2.08. The Labute approximate surface area is 117 Å². The molecule has 0 saturated carbocycles. The van der Waals surface area contributed by atoms with Crippen molar-refractivity contribution < 1.29 is 19.8 Å². The van der Waals surface area contributed by atoms with Crippen molar-refractivity contribution in [3.8, 4) is 0 Å². The number of nitrogens with zero attached hydrogens (tertiary/aromatic N) is 1. The average molecular weight is 280 g/mol. The second-order valence-electron chi connectivity index (χ2n) is 5.58. The number of hydrogen-bond acceptors (Lipinski definition) is 4. The number of benzene rings is 1. The molecule has 0 radical (unpaired) electrons. The summed E-state index contributed by atoms with van der Waals surface area (Å²) in [5.74, 6) is -0.998. The van der Waals surface area contributed by atoms with Crippen LogP contribution < -0.4 is 5.73 Å². The number of amidine groups is 1. The topological polar surface area (TPSA) is 105 Å². The van der Waals surface area contributed by atoms with E-state index in [-0.39, 0.29) is 12.4 Å². The molecule has 6 nitrogen and oxygen atoms in total. The van der Waals surface area contributed by atoms with Gasteiger partial charge in [-0.2, -0.15) is 0 Å². The fraction of sp³-hybridized carbons (Fsp3) is 0.429. The number of rotatable bonds is 5. The fourth-order valence-electron chi connectivity index (χ4n) is 1.75. The minimum atomic E-state index is -0.995. The third-order valence-corrected chi connectivity index (χ3v) is 2.76. The molecular weight excluding hydrogens is 260 g/mol. The first kappa shape index (κ1) is 16.0. The van der Waals surface area contributed by atoms with Gasteiger partial charge in [0.15, 0.2) is 11.9 Å². The standard InChI is InChI=1S/C14H20N2O4/c1-14(2,3)11(13(17)18)20-8-9-5-4-6-10(7-9)12(15)16-19/h4-7,11,19H,8H2,1-3H3,(H2,15,16)(H,17,18). The lowest BCUT2D eigenvalue weighted by molar-refractivity contribution is -0.159. The van der Waals surface area contributed by atoms with Crippen LogP contribution in [-0.2, 0) is 16.1 Å². The number of carboxylic acid groups (broad SMARTS) is 1. The van der Waals surface area contributed by atoms with Crippen molar-refractivity contribution in [2.75, 3.05) is 0 Å². The highest BCUT2D eigenvalue weighted by Gasteiger charge is 2.32. The summed E-state index contributed by atoms with van der Waals surface area (Å²) in [7, 11) is 0. The highest BCUT2D eigenvalue weighted by molar-refractivity contribution is 5.97. The van der Waals surface area contributed by atoms with Gasteiger partial charge in [-0.05, 0) is 17.0 Å². The largest absolute Gasteiger partial charge is 0.479 e. The van der Waals surface area contributed by atoms with Gasteiger partial charge in [-0.15, -0.1) is 0 Å². The summed E-state index contributed by atoms with van der Waals surface area (Å²) in [4.78, 5) is 11.2. The molecule has 0 heterocycles. The Balaban J connectivity index is 2.82. The first-order valence-corrected chi connectivity index (χ1v) is 6.17. The van der Waals surface area contributed by atoms with Crippen LogP contribution in [0.15, 0.2) is 29.4 Å². The summed E-state index contributed by atoms with van der Waals surface area (Å²) < 4.78 is 5.48. The number of ether oxygens (including phenoxy) is 1. The third-order valence-electron chi connectivity index (χ3n) is 2.76. The van der Waals surface area contributed by atoms with Gasteiger partial charge >= 0.3 is 5.97 Å². The number of nitrogens with two attached hydrogens (primary N) is 1. The summed E-state index contributed by atoms with van der Waals surface area (Å²) in [5, 5.41) is 20.7. The number of carboxylic acids is 1. The highest BCUT2D eigenvalue weighted by atomic mass is 16.5. The average Bonchev–Trinajstić information content (AvgIpc) is 2.36. The summed E-state index contributed by atoms with van der Waals surface area (Å²) in [5.41, 5.74) is 6.30. The molecule has 20 heavy (non-hydrogen) atoms. The molecule has 1 unspecified atom stereocenters. The van der Waals surface area contributed by atoms with Gasteiger partial charge < -0.3 is 20.8 Å². The van der Waals surface area contributed by atoms with Gasteiger partial charge in [0.25, 0.3) is 0 Å². The lowest BCUT2D eigenvalue weighted by atomic mass is 9.89. The van der Waals surface area contributed by atoms with E-state index in [9.17, 15) is 9.90 Å². The molecule has 0 aliphatic rings. The van der Waals surface area contributed by atoms with Crippen LogP contribution in [0, 0.1) is 5.41 Å². The Bertz CT molecular complexity index is 506. The molecule has 0 fully saturated rings. The zero-order valence-corrected chi connectivity index (χ0v) is 11.8. The van der Waals surface area contributed by atoms with Crippen molar-refractivity contribution in [3.63, 3.8) is 0 Å². The maximum Gasteiger partial charge on any atom is 0.333 e. The van der Waals surface area contributed by atoms with Gasteiger partial charge in [0.05, 0.1) is 6.61 Å². The van der Waals surface area contributed by atoms with E-state index < -0.39 is 17.5 Å². The number of carbonyl (C=O) groups is 1. The van der Waals surface area contributed by atoms with E-state index in [0.29, 0.717) is 5.56 Å². The Morgan fingerprint density at radius 1 is 1.45 bits per heavy atom. The van der Waals surface area contributed by atoms with Crippen LogP contribution in [0.2, 0.25) is 0 Å². The Morgan fingerprint density at radius 2 is 2.10 bits per heavy atom. The van der Waals surface area contributed by atoms with Crippen LogP contribution in [0.3, 0.4) is 0 Å². The summed E-state index contributed by atoms with van der Waals surface area (Å²) >= 11 is 0. The second kappa shape index (κ2) is 6.38. The van der Waals surface area contributed by atoms with Gasteiger partial charge in [0.1, 0.15) is 0 Å². The van der Waals surface area contributed by atoms with Crippen molar-refractivity contribution in [3.05, 3.63) is 35.4 Å². The van der Waals surface area contributed by atoms with Crippen LogP contribution in [0.25, 0.3) is 0 Å². The lowest BCUT2D eigenvalue weighted by Crippen LogP contribution is -2.36. The molecule has 6 heteroatoms. The Kier molecular flexibility index (Phi) is 5.10. The number of aliphatic carboxylic acids is 1. The van der Waals surface area contributed by atoms with E-state index in [1.54, 1.807) is 45.0 Å². The minimum absolute atomic E-state index is 0.00236. The zero-order valence-electron chi connectivity index (χ0n) is 11.8. The highest BCUT2D eigenvalue weighted by Crippen LogP contribution is 2.23. The van der Waals surface area contributed by atoms with Gasteiger partial charge in [-0.3, -0.25) is 0 Å². The predicted octanol–water partition coefficient (Wildman–Crippen LogP) is 1.80. The minimum Gasteiger partial charge on any atom is -0.479 e. The SMILES string of the molecule is CC(C)(C)C(OCc1cccc(C(N)=NO)c1)C(=O)O. The smallest absolute Gasteiger partial charge is 0.333 e. The molecule has 0 aliphatic heterocycles. The van der Waals surface area contributed by atoms with E-state index in [0.717, 1.165) is 5.56 Å². The van der Waals surface area contributed by atoms with Crippen molar-refractivity contribution in [1.82, 2.24) is 0 Å². The molecule has 1 aromatic carbocycles. The van der Waals surface area contributed by atoms with Crippen LogP contribution in [0.1, 0.15) is 31.9 Å². The van der Waals surface area contributed by atoms with E-state index in [4.69, 9.17) is 15.7 Å². The van der Waals surface area contributed by atoms with Crippen molar-refractivity contribution >= 4 is 11.8 Å². The monoisotopic (exact) mass is 280 g/mol. The first-order chi connectivity index (χ1) is 9.25. The van der Waals surface area contributed by atoms with Gasteiger partial charge in [0, 0.05) is 5.56 Å². The van der Waals surface area contributed by atoms with Gasteiger partial charge in [0.2, 0.25) is 0 Å². The summed E-state index contributed by atoms with van der Waals surface area (Å²) in [6.45, 7) is 5.55. The van der Waals surface area contributed by atoms with E-state index in [1.165, 1.54) is 0 Å². The second-order valence-corrected chi connectivity index (χ2v) is 5.58. The van der Waals surface area contributed by atoms with Crippen LogP contribution in [0.5, 0.6) is 0 Å². The van der Waals surface area contributed by atoms with Crippen LogP contribution >= 0.6 is 0 Å².